The lowest BCUT2D eigenvalue weighted by atomic mass is 9.98. The smallest absolute Gasteiger partial charge is 0.318 e. The van der Waals surface area contributed by atoms with Crippen molar-refractivity contribution in [2.24, 2.45) is 0 Å². The second-order valence-electron chi connectivity index (χ2n) is 6.20. The number of likely N-dealkylation sites (tertiary alicyclic amines) is 1. The number of hydrogen-bond acceptors (Lipinski definition) is 4. The number of amides is 3. The number of urea groups is 1. The van der Waals surface area contributed by atoms with Crippen molar-refractivity contribution in [3.05, 3.63) is 23.2 Å². The lowest BCUT2D eigenvalue weighted by Gasteiger charge is -2.36. The molecule has 1 N–H and O–H groups in total. The number of piperidine rings is 1. The number of ether oxygens (including phenoxy) is 1. The Morgan fingerprint density at radius 1 is 1.48 bits per heavy atom. The Balaban J connectivity index is 1.70. The summed E-state index contributed by atoms with van der Waals surface area (Å²) in [6.07, 6.45) is 2.38. The molecule has 2 aliphatic heterocycles. The first-order valence-electron chi connectivity index (χ1n) is 7.93. The predicted molar refractivity (Wildman–Crippen MR) is 83.4 cm³/mol. The zero-order valence-corrected chi connectivity index (χ0v) is 13.8. The van der Waals surface area contributed by atoms with Gasteiger partial charge in [0.2, 0.25) is 0 Å². The molecule has 2 saturated heterocycles. The fourth-order valence-corrected chi connectivity index (χ4v) is 3.54. The van der Waals surface area contributed by atoms with Crippen LogP contribution >= 0.6 is 0 Å². The molecule has 126 valence electrons. The van der Waals surface area contributed by atoms with Crippen molar-refractivity contribution in [1.82, 2.24) is 15.1 Å². The molecule has 0 spiro atoms. The average molecular weight is 321 g/mol. The van der Waals surface area contributed by atoms with Crippen LogP contribution in [0.2, 0.25) is 0 Å². The first-order valence-corrected chi connectivity index (χ1v) is 7.93. The SMILES string of the molecule is COCCN1C(=O)N[C@@H]2CN(C(=O)c3c(C)coc3C)CC[C@@H]21. The lowest BCUT2D eigenvalue weighted by Crippen LogP contribution is -2.53. The van der Waals surface area contributed by atoms with Crippen LogP contribution in [0.3, 0.4) is 0 Å². The number of fused-ring (bicyclic) bond motifs is 1. The second-order valence-corrected chi connectivity index (χ2v) is 6.20. The average Bonchev–Trinajstić information content (AvgIpc) is 3.02. The molecule has 1 aromatic rings. The molecule has 3 rings (SSSR count). The molecule has 3 amide bonds. The Morgan fingerprint density at radius 2 is 2.26 bits per heavy atom. The highest BCUT2D eigenvalue weighted by molar-refractivity contribution is 5.96. The van der Waals surface area contributed by atoms with E-state index in [9.17, 15) is 9.59 Å². The maximum Gasteiger partial charge on any atom is 0.318 e. The highest BCUT2D eigenvalue weighted by Crippen LogP contribution is 2.25. The van der Waals surface area contributed by atoms with E-state index in [1.54, 1.807) is 20.3 Å². The number of furan rings is 1. The molecule has 7 heteroatoms. The number of aryl methyl sites for hydroxylation is 2. The van der Waals surface area contributed by atoms with Crippen LogP contribution < -0.4 is 5.32 Å². The van der Waals surface area contributed by atoms with Gasteiger partial charge in [0.25, 0.3) is 5.91 Å². The number of carbonyl (C=O) groups excluding carboxylic acids is 2. The lowest BCUT2D eigenvalue weighted by molar-refractivity contribution is 0.0640. The molecule has 7 nitrogen and oxygen atoms in total. The zero-order valence-electron chi connectivity index (χ0n) is 13.8. The molecule has 2 fully saturated rings. The summed E-state index contributed by atoms with van der Waals surface area (Å²) in [5, 5.41) is 2.99. The van der Waals surface area contributed by atoms with Crippen molar-refractivity contribution in [3.8, 4) is 0 Å². The minimum Gasteiger partial charge on any atom is -0.469 e. The van der Waals surface area contributed by atoms with Crippen LogP contribution in [0.5, 0.6) is 0 Å². The summed E-state index contributed by atoms with van der Waals surface area (Å²) in [6.45, 7) is 5.95. The monoisotopic (exact) mass is 321 g/mol. The Kier molecular flexibility index (Phi) is 4.30. The first kappa shape index (κ1) is 15.9. The summed E-state index contributed by atoms with van der Waals surface area (Å²) in [5.41, 5.74) is 1.50. The van der Waals surface area contributed by atoms with E-state index in [1.807, 2.05) is 16.7 Å². The molecule has 23 heavy (non-hydrogen) atoms. The first-order chi connectivity index (χ1) is 11.0. The Labute approximate surface area is 135 Å². The van der Waals surface area contributed by atoms with Crippen LogP contribution in [0.1, 0.15) is 28.1 Å². The van der Waals surface area contributed by atoms with E-state index in [-0.39, 0.29) is 24.0 Å². The fraction of sp³-hybridized carbons (Fsp3) is 0.625. The quantitative estimate of drug-likeness (QED) is 0.903. The van der Waals surface area contributed by atoms with Gasteiger partial charge in [-0.2, -0.15) is 0 Å². The van der Waals surface area contributed by atoms with Crippen molar-refractivity contribution in [3.63, 3.8) is 0 Å². The van der Waals surface area contributed by atoms with Crippen LogP contribution in [0.15, 0.2) is 10.7 Å². The van der Waals surface area contributed by atoms with E-state index in [1.165, 1.54) is 0 Å². The third kappa shape index (κ3) is 2.81. The van der Waals surface area contributed by atoms with Crippen LogP contribution in [-0.4, -0.2) is 67.2 Å². The highest BCUT2D eigenvalue weighted by Gasteiger charge is 2.43. The predicted octanol–water partition coefficient (Wildman–Crippen LogP) is 1.15. The standard InChI is InChI=1S/C16H23N3O4/c1-10-9-23-11(2)14(10)15(20)18-5-4-13-12(8-18)17-16(21)19(13)6-7-22-3/h9,12-13H,4-8H2,1-3H3,(H,17,21)/t12-,13+/m1/s1. The van der Waals surface area contributed by atoms with Gasteiger partial charge in [-0.25, -0.2) is 4.79 Å². The largest absolute Gasteiger partial charge is 0.469 e. The molecule has 0 aliphatic carbocycles. The number of carbonyl (C=O) groups is 2. The van der Waals surface area contributed by atoms with Gasteiger partial charge in [-0.1, -0.05) is 0 Å². The van der Waals surface area contributed by atoms with Gasteiger partial charge < -0.3 is 24.3 Å². The topological polar surface area (TPSA) is 75.0 Å². The Bertz CT molecular complexity index is 593. The molecule has 0 aromatic carbocycles. The third-order valence-electron chi connectivity index (χ3n) is 4.74. The van der Waals surface area contributed by atoms with E-state index in [4.69, 9.17) is 9.15 Å². The number of nitrogens with one attached hydrogen (secondary N) is 1. The molecule has 0 saturated carbocycles. The summed E-state index contributed by atoms with van der Waals surface area (Å²) in [5.74, 6) is 0.628. The Morgan fingerprint density at radius 3 is 2.91 bits per heavy atom. The molecule has 0 bridgehead atoms. The van der Waals surface area contributed by atoms with Gasteiger partial charge >= 0.3 is 6.03 Å². The van der Waals surface area contributed by atoms with Gasteiger partial charge in [0.05, 0.1) is 30.5 Å². The van der Waals surface area contributed by atoms with Crippen LogP contribution in [0.4, 0.5) is 4.79 Å². The molecular formula is C16H23N3O4. The van der Waals surface area contributed by atoms with Crippen LogP contribution in [-0.2, 0) is 4.74 Å². The van der Waals surface area contributed by atoms with Gasteiger partial charge in [0.1, 0.15) is 5.76 Å². The van der Waals surface area contributed by atoms with Crippen LogP contribution in [0.25, 0.3) is 0 Å². The summed E-state index contributed by atoms with van der Waals surface area (Å²) in [7, 11) is 1.63. The maximum absolute atomic E-state index is 12.7. The number of nitrogens with zero attached hydrogens (tertiary/aromatic N) is 2. The molecule has 2 aliphatic rings. The van der Waals surface area contributed by atoms with Crippen molar-refractivity contribution >= 4 is 11.9 Å². The van der Waals surface area contributed by atoms with Crippen molar-refractivity contribution < 1.29 is 18.7 Å². The van der Waals surface area contributed by atoms with Gasteiger partial charge in [0, 0.05) is 32.3 Å². The summed E-state index contributed by atoms with van der Waals surface area (Å²) < 4.78 is 10.4. The fourth-order valence-electron chi connectivity index (χ4n) is 3.54. The summed E-state index contributed by atoms with van der Waals surface area (Å²) in [4.78, 5) is 28.5. The zero-order chi connectivity index (χ0) is 16.6. The highest BCUT2D eigenvalue weighted by atomic mass is 16.5. The normalized spacial score (nSPS) is 23.9. The van der Waals surface area contributed by atoms with Crippen molar-refractivity contribution in [2.75, 3.05) is 33.4 Å². The van der Waals surface area contributed by atoms with Gasteiger partial charge in [-0.3, -0.25) is 4.79 Å². The van der Waals surface area contributed by atoms with Crippen LogP contribution in [0, 0.1) is 13.8 Å². The van der Waals surface area contributed by atoms with Crippen molar-refractivity contribution in [1.29, 1.82) is 0 Å². The minimum atomic E-state index is -0.0676. The van der Waals surface area contributed by atoms with E-state index in [2.05, 4.69) is 5.32 Å². The van der Waals surface area contributed by atoms with Gasteiger partial charge in [-0.15, -0.1) is 0 Å². The number of rotatable bonds is 4. The molecule has 3 heterocycles. The number of hydrogen-bond donors (Lipinski definition) is 1. The van der Waals surface area contributed by atoms with Gasteiger partial charge in [0.15, 0.2) is 0 Å². The molecular weight excluding hydrogens is 298 g/mol. The molecule has 0 unspecified atom stereocenters. The maximum atomic E-state index is 12.7. The number of methoxy groups -OCH3 is 1. The van der Waals surface area contributed by atoms with E-state index >= 15 is 0 Å². The Hall–Kier alpha value is -2.02. The molecule has 1 aromatic heterocycles. The molecule has 2 atom stereocenters. The van der Waals surface area contributed by atoms with E-state index < -0.39 is 0 Å². The second kappa shape index (κ2) is 6.23. The van der Waals surface area contributed by atoms with Crippen molar-refractivity contribution in [2.45, 2.75) is 32.4 Å². The van der Waals surface area contributed by atoms with E-state index in [0.717, 1.165) is 12.0 Å². The minimum absolute atomic E-state index is 0.0169. The molecule has 0 radical (unpaired) electrons. The third-order valence-corrected chi connectivity index (χ3v) is 4.74. The summed E-state index contributed by atoms with van der Waals surface area (Å²) >= 11 is 0. The summed E-state index contributed by atoms with van der Waals surface area (Å²) in [6, 6.07) is 0.0415. The van der Waals surface area contributed by atoms with E-state index in [0.29, 0.717) is 37.6 Å². The van der Waals surface area contributed by atoms with Gasteiger partial charge in [-0.05, 0) is 20.3 Å².